The van der Waals surface area contributed by atoms with Crippen molar-refractivity contribution in [3.8, 4) is 0 Å². The third-order valence-corrected chi connectivity index (χ3v) is 5.72. The maximum atomic E-state index is 12.8. The molecular weight excluding hydrogens is 326 g/mol. The first kappa shape index (κ1) is 17.2. The lowest BCUT2D eigenvalue weighted by Crippen LogP contribution is -2.48. The number of aromatic nitrogens is 2. The first-order chi connectivity index (χ1) is 12.6. The van der Waals surface area contributed by atoms with Gasteiger partial charge in [-0.2, -0.15) is 5.10 Å². The van der Waals surface area contributed by atoms with Crippen LogP contribution in [-0.2, 0) is 7.05 Å². The van der Waals surface area contributed by atoms with Crippen molar-refractivity contribution < 1.29 is 4.79 Å². The Kier molecular flexibility index (Phi) is 4.78. The van der Waals surface area contributed by atoms with Crippen molar-refractivity contribution in [1.29, 1.82) is 0 Å². The first-order valence-electron chi connectivity index (χ1n) is 9.45. The number of hydrazine groups is 1. The molecule has 1 amide bonds. The number of hydrogen-bond acceptors (Lipinski definition) is 4. The molecule has 2 saturated heterocycles. The van der Waals surface area contributed by atoms with Crippen molar-refractivity contribution >= 4 is 5.91 Å². The Balaban J connectivity index is 1.48. The van der Waals surface area contributed by atoms with E-state index < -0.39 is 0 Å². The Hall–Kier alpha value is -2.18. The van der Waals surface area contributed by atoms with Crippen molar-refractivity contribution in [2.45, 2.75) is 31.7 Å². The molecule has 4 rings (SSSR count). The summed E-state index contributed by atoms with van der Waals surface area (Å²) in [6.07, 6.45) is 4.01. The molecule has 26 heavy (non-hydrogen) atoms. The van der Waals surface area contributed by atoms with Gasteiger partial charge in [0.25, 0.3) is 5.91 Å². The van der Waals surface area contributed by atoms with E-state index in [-0.39, 0.29) is 5.91 Å². The van der Waals surface area contributed by atoms with Crippen LogP contribution < -0.4 is 10.9 Å². The van der Waals surface area contributed by atoms with Crippen LogP contribution in [0.1, 0.15) is 40.4 Å². The van der Waals surface area contributed by atoms with Gasteiger partial charge < -0.3 is 4.90 Å². The number of carbonyl (C=O) groups excluding carboxylic acids is 1. The molecule has 0 bridgehead atoms. The Morgan fingerprint density at radius 3 is 2.77 bits per heavy atom. The van der Waals surface area contributed by atoms with Gasteiger partial charge in [-0.25, -0.2) is 0 Å². The molecule has 0 saturated carbocycles. The van der Waals surface area contributed by atoms with Crippen molar-refractivity contribution in [3.05, 3.63) is 53.3 Å². The van der Waals surface area contributed by atoms with E-state index in [1.807, 2.05) is 18.1 Å². The molecule has 0 radical (unpaired) electrons. The number of nitrogens with one attached hydrogen (secondary N) is 2. The monoisotopic (exact) mass is 353 g/mol. The van der Waals surface area contributed by atoms with Crippen LogP contribution in [0.5, 0.6) is 0 Å². The van der Waals surface area contributed by atoms with Gasteiger partial charge in [0.1, 0.15) is 5.69 Å². The minimum absolute atomic E-state index is 0.0492. The van der Waals surface area contributed by atoms with Gasteiger partial charge in [-0.15, -0.1) is 0 Å². The van der Waals surface area contributed by atoms with Crippen LogP contribution in [0.3, 0.4) is 0 Å². The van der Waals surface area contributed by atoms with E-state index >= 15 is 0 Å². The fourth-order valence-corrected chi connectivity index (χ4v) is 4.28. The number of aryl methyl sites for hydroxylation is 2. The Bertz CT molecular complexity index is 769. The molecule has 2 aromatic rings. The summed E-state index contributed by atoms with van der Waals surface area (Å²) in [6.45, 7) is 4.66. The zero-order valence-electron chi connectivity index (χ0n) is 15.5. The van der Waals surface area contributed by atoms with Gasteiger partial charge in [-0.1, -0.05) is 29.8 Å². The molecule has 0 spiro atoms. The smallest absolute Gasteiger partial charge is 0.274 e. The van der Waals surface area contributed by atoms with Gasteiger partial charge in [-0.3, -0.25) is 20.3 Å². The number of amides is 1. The number of carbonyl (C=O) groups is 1. The van der Waals surface area contributed by atoms with Gasteiger partial charge in [-0.05, 0) is 37.3 Å². The fourth-order valence-electron chi connectivity index (χ4n) is 4.28. The summed E-state index contributed by atoms with van der Waals surface area (Å²) in [7, 11) is 1.84. The van der Waals surface area contributed by atoms with Crippen LogP contribution in [0, 0.1) is 12.8 Å². The average Bonchev–Trinajstić information content (AvgIpc) is 3.31. The van der Waals surface area contributed by atoms with Crippen LogP contribution in [0.2, 0.25) is 0 Å². The van der Waals surface area contributed by atoms with Crippen LogP contribution in [0.15, 0.2) is 36.5 Å². The number of nitrogens with zero attached hydrogens (tertiary/aromatic N) is 3. The molecule has 6 heteroatoms. The predicted molar refractivity (Wildman–Crippen MR) is 101 cm³/mol. The number of piperidine rings is 1. The van der Waals surface area contributed by atoms with Crippen molar-refractivity contribution in [2.75, 3.05) is 19.6 Å². The van der Waals surface area contributed by atoms with E-state index in [0.717, 1.165) is 32.5 Å². The summed E-state index contributed by atoms with van der Waals surface area (Å²) in [5.74, 6) is 0.927. The molecule has 2 N–H and O–H groups in total. The summed E-state index contributed by atoms with van der Waals surface area (Å²) in [5.41, 5.74) is 10.0. The number of rotatable bonds is 3. The van der Waals surface area contributed by atoms with Crippen molar-refractivity contribution in [2.24, 2.45) is 13.0 Å². The molecule has 2 fully saturated rings. The van der Waals surface area contributed by atoms with E-state index in [0.29, 0.717) is 23.6 Å². The molecule has 1 aromatic carbocycles. The van der Waals surface area contributed by atoms with Gasteiger partial charge in [0.2, 0.25) is 0 Å². The maximum absolute atomic E-state index is 12.8. The second-order valence-electron chi connectivity index (χ2n) is 7.60. The van der Waals surface area contributed by atoms with Gasteiger partial charge in [0.05, 0.1) is 0 Å². The summed E-state index contributed by atoms with van der Waals surface area (Å²) in [5, 5.41) is 4.28. The normalized spacial score (nSPS) is 26.2. The van der Waals surface area contributed by atoms with Crippen molar-refractivity contribution in [1.82, 2.24) is 25.5 Å². The first-order valence-corrected chi connectivity index (χ1v) is 9.45. The molecule has 6 nitrogen and oxygen atoms in total. The van der Waals surface area contributed by atoms with E-state index in [1.54, 1.807) is 10.7 Å². The Labute approximate surface area is 154 Å². The Morgan fingerprint density at radius 1 is 1.23 bits per heavy atom. The number of benzene rings is 1. The molecule has 138 valence electrons. The summed E-state index contributed by atoms with van der Waals surface area (Å²) in [4.78, 5) is 14.8. The zero-order chi connectivity index (χ0) is 18.1. The SMILES string of the molecule is Cc1ccc(C2CNNC2C2CCCN(C(=O)c3ccn(C)n3)C2)cc1. The molecule has 0 aliphatic carbocycles. The lowest BCUT2D eigenvalue weighted by Gasteiger charge is -2.37. The van der Waals surface area contributed by atoms with Gasteiger partial charge in [0.15, 0.2) is 0 Å². The second-order valence-corrected chi connectivity index (χ2v) is 7.60. The third-order valence-electron chi connectivity index (χ3n) is 5.72. The summed E-state index contributed by atoms with van der Waals surface area (Å²) < 4.78 is 1.69. The topological polar surface area (TPSA) is 62.2 Å². The predicted octanol–water partition coefficient (Wildman–Crippen LogP) is 1.84. The van der Waals surface area contributed by atoms with E-state index in [2.05, 4.69) is 47.1 Å². The molecule has 3 unspecified atom stereocenters. The second kappa shape index (κ2) is 7.21. The van der Waals surface area contributed by atoms with Crippen LogP contribution in [0.25, 0.3) is 0 Å². The van der Waals surface area contributed by atoms with Crippen LogP contribution in [-0.4, -0.2) is 46.3 Å². The van der Waals surface area contributed by atoms with E-state index in [1.165, 1.54) is 11.1 Å². The lowest BCUT2D eigenvalue weighted by atomic mass is 9.81. The molecule has 2 aliphatic heterocycles. The minimum atomic E-state index is 0.0492. The highest BCUT2D eigenvalue weighted by molar-refractivity contribution is 5.92. The zero-order valence-corrected chi connectivity index (χ0v) is 15.5. The van der Waals surface area contributed by atoms with E-state index in [4.69, 9.17) is 0 Å². The van der Waals surface area contributed by atoms with Crippen LogP contribution >= 0.6 is 0 Å². The Morgan fingerprint density at radius 2 is 2.04 bits per heavy atom. The lowest BCUT2D eigenvalue weighted by molar-refractivity contribution is 0.0638. The fraction of sp³-hybridized carbons (Fsp3) is 0.500. The highest BCUT2D eigenvalue weighted by atomic mass is 16.2. The molecule has 2 aliphatic rings. The largest absolute Gasteiger partial charge is 0.337 e. The highest BCUT2D eigenvalue weighted by Crippen LogP contribution is 2.32. The number of hydrogen-bond donors (Lipinski definition) is 2. The van der Waals surface area contributed by atoms with Crippen LogP contribution in [0.4, 0.5) is 0 Å². The summed E-state index contributed by atoms with van der Waals surface area (Å²) >= 11 is 0. The van der Waals surface area contributed by atoms with Gasteiger partial charge in [0, 0.05) is 44.8 Å². The minimum Gasteiger partial charge on any atom is -0.337 e. The molecule has 3 atom stereocenters. The highest BCUT2D eigenvalue weighted by Gasteiger charge is 2.37. The van der Waals surface area contributed by atoms with E-state index in [9.17, 15) is 4.79 Å². The standard InChI is InChI=1S/C20H27N5O/c1-14-5-7-15(8-6-14)17-12-21-22-19(17)16-4-3-10-25(13-16)20(26)18-9-11-24(2)23-18/h5-9,11,16-17,19,21-22H,3-4,10,12-13H2,1-2H3. The van der Waals surface area contributed by atoms with Gasteiger partial charge >= 0.3 is 0 Å². The average molecular weight is 353 g/mol. The molecule has 3 heterocycles. The third kappa shape index (κ3) is 3.39. The quantitative estimate of drug-likeness (QED) is 0.884. The molecular formula is C20H27N5O. The maximum Gasteiger partial charge on any atom is 0.274 e. The molecule has 1 aromatic heterocycles. The number of likely N-dealkylation sites (tertiary alicyclic amines) is 1. The van der Waals surface area contributed by atoms with Crippen molar-refractivity contribution in [3.63, 3.8) is 0 Å². The summed E-state index contributed by atoms with van der Waals surface area (Å²) in [6, 6.07) is 11.0.